The molecule has 5 heteroatoms. The van der Waals surface area contributed by atoms with Crippen LogP contribution in [0.1, 0.15) is 10.4 Å². The number of hydrogen-bond acceptors (Lipinski definition) is 3. The van der Waals surface area contributed by atoms with Crippen molar-refractivity contribution in [3.63, 3.8) is 0 Å². The Morgan fingerprint density at radius 2 is 2.25 bits per heavy atom. The predicted molar refractivity (Wildman–Crippen MR) is 70.9 cm³/mol. The van der Waals surface area contributed by atoms with Crippen LogP contribution in [0.3, 0.4) is 0 Å². The first-order valence-electron chi connectivity index (χ1n) is 4.64. The molecule has 2 rings (SSSR count). The molecule has 0 saturated heterocycles. The first-order chi connectivity index (χ1) is 7.61. The van der Waals surface area contributed by atoms with Gasteiger partial charge in [-0.3, -0.25) is 0 Å². The van der Waals surface area contributed by atoms with E-state index in [1.165, 1.54) is 11.3 Å². The Labute approximate surface area is 111 Å². The zero-order valence-corrected chi connectivity index (χ0v) is 11.7. The van der Waals surface area contributed by atoms with E-state index in [0.717, 1.165) is 25.6 Å². The SMILES string of the molecule is Cc1ccc(-c2nc(Br)sc2CO)cc1Cl. The maximum absolute atomic E-state index is 9.23. The summed E-state index contributed by atoms with van der Waals surface area (Å²) in [4.78, 5) is 5.18. The summed E-state index contributed by atoms with van der Waals surface area (Å²) >= 11 is 10.8. The number of rotatable bonds is 2. The van der Waals surface area contributed by atoms with Crippen LogP contribution in [0.2, 0.25) is 5.02 Å². The van der Waals surface area contributed by atoms with Crippen molar-refractivity contribution in [1.29, 1.82) is 0 Å². The van der Waals surface area contributed by atoms with Crippen molar-refractivity contribution in [2.24, 2.45) is 0 Å². The number of aryl methyl sites for hydroxylation is 1. The average Bonchev–Trinajstić information content (AvgIpc) is 2.63. The highest BCUT2D eigenvalue weighted by atomic mass is 79.9. The normalized spacial score (nSPS) is 10.8. The van der Waals surface area contributed by atoms with Gasteiger partial charge in [0.2, 0.25) is 0 Å². The first-order valence-corrected chi connectivity index (χ1v) is 6.63. The van der Waals surface area contributed by atoms with E-state index < -0.39 is 0 Å². The Kier molecular flexibility index (Phi) is 3.64. The van der Waals surface area contributed by atoms with Gasteiger partial charge in [-0.2, -0.15) is 0 Å². The summed E-state index contributed by atoms with van der Waals surface area (Å²) in [7, 11) is 0. The molecule has 0 fully saturated rings. The topological polar surface area (TPSA) is 33.1 Å². The average molecular weight is 319 g/mol. The summed E-state index contributed by atoms with van der Waals surface area (Å²) in [6.45, 7) is 1.94. The number of hydrogen-bond donors (Lipinski definition) is 1. The minimum Gasteiger partial charge on any atom is -0.391 e. The van der Waals surface area contributed by atoms with Crippen molar-refractivity contribution in [3.05, 3.63) is 37.6 Å². The van der Waals surface area contributed by atoms with Gasteiger partial charge in [0.25, 0.3) is 0 Å². The van der Waals surface area contributed by atoms with E-state index in [4.69, 9.17) is 11.6 Å². The minimum atomic E-state index is -0.00983. The first kappa shape index (κ1) is 12.0. The summed E-state index contributed by atoms with van der Waals surface area (Å²) in [5, 5.41) is 9.95. The van der Waals surface area contributed by atoms with Crippen molar-refractivity contribution in [2.75, 3.05) is 0 Å². The molecule has 0 bridgehead atoms. The molecule has 0 aliphatic heterocycles. The molecule has 2 aromatic rings. The molecule has 16 heavy (non-hydrogen) atoms. The number of nitrogens with zero attached hydrogens (tertiary/aromatic N) is 1. The number of aromatic nitrogens is 1. The van der Waals surface area contributed by atoms with E-state index in [9.17, 15) is 5.11 Å². The fourth-order valence-corrected chi connectivity index (χ4v) is 3.00. The number of aliphatic hydroxyl groups excluding tert-OH is 1. The van der Waals surface area contributed by atoms with Crippen molar-refractivity contribution < 1.29 is 5.11 Å². The van der Waals surface area contributed by atoms with Gasteiger partial charge < -0.3 is 5.11 Å². The van der Waals surface area contributed by atoms with Crippen molar-refractivity contribution in [1.82, 2.24) is 4.98 Å². The van der Waals surface area contributed by atoms with Gasteiger partial charge >= 0.3 is 0 Å². The number of thiazole rings is 1. The quantitative estimate of drug-likeness (QED) is 0.907. The second-order valence-electron chi connectivity index (χ2n) is 3.36. The fourth-order valence-electron chi connectivity index (χ4n) is 1.40. The number of halogens is 2. The van der Waals surface area contributed by atoms with Crippen LogP contribution >= 0.6 is 38.9 Å². The van der Waals surface area contributed by atoms with Crippen LogP contribution in [0.4, 0.5) is 0 Å². The zero-order chi connectivity index (χ0) is 11.7. The smallest absolute Gasteiger partial charge is 0.160 e. The molecule has 1 heterocycles. The molecule has 84 valence electrons. The molecule has 0 amide bonds. The maximum Gasteiger partial charge on any atom is 0.160 e. The summed E-state index contributed by atoms with van der Waals surface area (Å²) in [6.07, 6.45) is 0. The van der Waals surface area contributed by atoms with Crippen LogP contribution in [0, 0.1) is 6.92 Å². The second kappa shape index (κ2) is 4.84. The molecule has 0 spiro atoms. The van der Waals surface area contributed by atoms with E-state index in [1.54, 1.807) is 0 Å². The highest BCUT2D eigenvalue weighted by Gasteiger charge is 2.11. The summed E-state index contributed by atoms with van der Waals surface area (Å²) in [5.41, 5.74) is 2.76. The van der Waals surface area contributed by atoms with Crippen molar-refractivity contribution in [3.8, 4) is 11.3 Å². The lowest BCUT2D eigenvalue weighted by Crippen LogP contribution is -1.86. The molecule has 0 saturated carbocycles. The van der Waals surface area contributed by atoms with Gasteiger partial charge in [-0.1, -0.05) is 23.7 Å². The van der Waals surface area contributed by atoms with Crippen LogP contribution in [0.5, 0.6) is 0 Å². The molecular weight excluding hydrogens is 310 g/mol. The van der Waals surface area contributed by atoms with Crippen LogP contribution in [-0.2, 0) is 6.61 Å². The van der Waals surface area contributed by atoms with E-state index >= 15 is 0 Å². The lowest BCUT2D eigenvalue weighted by molar-refractivity contribution is 0.286. The molecule has 0 aliphatic rings. The largest absolute Gasteiger partial charge is 0.391 e. The second-order valence-corrected chi connectivity index (χ2v) is 6.13. The molecule has 2 nitrogen and oxygen atoms in total. The third kappa shape index (κ3) is 2.30. The Morgan fingerprint density at radius 1 is 1.50 bits per heavy atom. The zero-order valence-electron chi connectivity index (χ0n) is 8.50. The Hall–Kier alpha value is -0.420. The van der Waals surface area contributed by atoms with Gasteiger partial charge in [-0.25, -0.2) is 4.98 Å². The van der Waals surface area contributed by atoms with E-state index in [0.29, 0.717) is 5.02 Å². The van der Waals surface area contributed by atoms with Gasteiger partial charge in [-0.05, 0) is 34.5 Å². The Bertz CT molecular complexity index is 527. The third-order valence-corrected chi connectivity index (χ3v) is 4.16. The molecule has 1 N–H and O–H groups in total. The number of aliphatic hydroxyl groups is 1. The maximum atomic E-state index is 9.23. The summed E-state index contributed by atoms with van der Waals surface area (Å²) in [6, 6.07) is 5.78. The molecule has 0 unspecified atom stereocenters. The van der Waals surface area contributed by atoms with Gasteiger partial charge in [-0.15, -0.1) is 11.3 Å². The van der Waals surface area contributed by atoms with Crippen LogP contribution in [0.15, 0.2) is 22.1 Å². The van der Waals surface area contributed by atoms with E-state index in [2.05, 4.69) is 20.9 Å². The van der Waals surface area contributed by atoms with E-state index in [-0.39, 0.29) is 6.61 Å². The fraction of sp³-hybridized carbons (Fsp3) is 0.182. The van der Waals surface area contributed by atoms with Crippen LogP contribution < -0.4 is 0 Å². The lowest BCUT2D eigenvalue weighted by Gasteiger charge is -2.02. The summed E-state index contributed by atoms with van der Waals surface area (Å²) in [5.74, 6) is 0. The number of benzene rings is 1. The molecule has 1 aromatic heterocycles. The molecule has 1 aromatic carbocycles. The monoisotopic (exact) mass is 317 g/mol. The van der Waals surface area contributed by atoms with Crippen molar-refractivity contribution in [2.45, 2.75) is 13.5 Å². The van der Waals surface area contributed by atoms with Crippen LogP contribution in [-0.4, -0.2) is 10.1 Å². The van der Waals surface area contributed by atoms with Crippen molar-refractivity contribution >= 4 is 38.9 Å². The Morgan fingerprint density at radius 3 is 2.88 bits per heavy atom. The minimum absolute atomic E-state index is 0.00983. The highest BCUT2D eigenvalue weighted by molar-refractivity contribution is 9.11. The molecule has 0 aliphatic carbocycles. The lowest BCUT2D eigenvalue weighted by atomic mass is 10.1. The van der Waals surface area contributed by atoms with Gasteiger partial charge in [0, 0.05) is 10.6 Å². The molecule has 0 atom stereocenters. The van der Waals surface area contributed by atoms with Crippen LogP contribution in [0.25, 0.3) is 11.3 Å². The summed E-state index contributed by atoms with van der Waals surface area (Å²) < 4.78 is 0.767. The van der Waals surface area contributed by atoms with Gasteiger partial charge in [0.15, 0.2) is 3.92 Å². The Balaban J connectivity index is 2.53. The van der Waals surface area contributed by atoms with E-state index in [1.807, 2.05) is 25.1 Å². The molecule has 0 radical (unpaired) electrons. The standard InChI is InChI=1S/C11H9BrClNOS/c1-6-2-3-7(4-8(6)13)10-9(5-15)16-11(12)14-10/h2-4,15H,5H2,1H3. The predicted octanol–water partition coefficient (Wildman–Crippen LogP) is 4.03. The third-order valence-electron chi connectivity index (χ3n) is 2.26. The van der Waals surface area contributed by atoms with Gasteiger partial charge in [0.1, 0.15) is 0 Å². The highest BCUT2D eigenvalue weighted by Crippen LogP contribution is 2.32. The molecular formula is C11H9BrClNOS. The van der Waals surface area contributed by atoms with Gasteiger partial charge in [0.05, 0.1) is 17.2 Å².